The summed E-state index contributed by atoms with van der Waals surface area (Å²) in [5.41, 5.74) is 0.918. The Morgan fingerprint density at radius 1 is 1.40 bits per heavy atom. The van der Waals surface area contributed by atoms with Crippen molar-refractivity contribution in [2.75, 3.05) is 25.5 Å². The van der Waals surface area contributed by atoms with Gasteiger partial charge in [0.25, 0.3) is 0 Å². The molecule has 7 nitrogen and oxygen atoms in total. The first kappa shape index (κ1) is 19.2. The highest BCUT2D eigenvalue weighted by Crippen LogP contribution is 2.24. The van der Waals surface area contributed by atoms with Crippen LogP contribution in [0.25, 0.3) is 0 Å². The number of thiazole rings is 1. The van der Waals surface area contributed by atoms with E-state index in [0.717, 1.165) is 18.8 Å². The highest BCUT2D eigenvalue weighted by molar-refractivity contribution is 7.15. The van der Waals surface area contributed by atoms with Gasteiger partial charge in [0.05, 0.1) is 12.0 Å². The van der Waals surface area contributed by atoms with Crippen molar-refractivity contribution in [1.82, 2.24) is 19.9 Å². The molecule has 1 aliphatic rings. The zero-order valence-corrected chi connectivity index (χ0v) is 15.4. The molecule has 0 spiro atoms. The minimum atomic E-state index is -0.458. The number of aryl methyl sites for hydroxylation is 1. The molecule has 1 aliphatic heterocycles. The van der Waals surface area contributed by atoms with Crippen LogP contribution in [0, 0.1) is 12.9 Å². The first-order valence-electron chi connectivity index (χ1n) is 7.95. The summed E-state index contributed by atoms with van der Waals surface area (Å²) >= 11 is 1.21. The van der Waals surface area contributed by atoms with Crippen molar-refractivity contribution in [3.05, 3.63) is 28.9 Å². The largest absolute Gasteiger partial charge is 0.481 e. The summed E-state index contributed by atoms with van der Waals surface area (Å²) in [5.74, 6) is -0.0652. The van der Waals surface area contributed by atoms with Crippen LogP contribution in [0.5, 0.6) is 5.88 Å². The zero-order valence-electron chi connectivity index (χ0n) is 14.6. The minimum absolute atomic E-state index is 0.221. The van der Waals surface area contributed by atoms with E-state index in [-0.39, 0.29) is 5.91 Å². The number of likely N-dealkylation sites (tertiary alicyclic amines) is 1. The maximum absolute atomic E-state index is 13.4. The van der Waals surface area contributed by atoms with Gasteiger partial charge in [0.2, 0.25) is 17.7 Å². The number of methoxy groups -OCH3 is 1. The maximum atomic E-state index is 13.4. The second-order valence-electron chi connectivity index (χ2n) is 5.60. The number of hydrogen-bond acceptors (Lipinski definition) is 7. The Morgan fingerprint density at radius 2 is 2.12 bits per heavy atom. The molecule has 0 aliphatic carbocycles. The fourth-order valence-corrected chi connectivity index (χ4v) is 3.25. The summed E-state index contributed by atoms with van der Waals surface area (Å²) in [6, 6.07) is 1.78. The Balaban J connectivity index is 0.000000212. The van der Waals surface area contributed by atoms with Crippen LogP contribution in [0.1, 0.15) is 30.3 Å². The molecule has 25 heavy (non-hydrogen) atoms. The standard InChI is InChI=1S/C10H14FN3OS.C6H8N2O/c1-7(15)12-10-13-9(11)8(16-10)6-14-4-2-3-5-14;1-5-3-6(9-2)8-4-7-5/h2-6H2,1H3,(H,12,13,15);3-4H,1-2H3. The number of amides is 1. The predicted molar refractivity (Wildman–Crippen MR) is 94.2 cm³/mol. The monoisotopic (exact) mass is 367 g/mol. The van der Waals surface area contributed by atoms with Gasteiger partial charge in [-0.1, -0.05) is 11.3 Å². The molecule has 0 bridgehead atoms. The van der Waals surface area contributed by atoms with E-state index in [1.807, 2.05) is 6.92 Å². The summed E-state index contributed by atoms with van der Waals surface area (Å²) in [4.78, 5) is 25.0. The normalized spacial score (nSPS) is 13.9. The van der Waals surface area contributed by atoms with Crippen LogP contribution in [-0.2, 0) is 11.3 Å². The van der Waals surface area contributed by atoms with E-state index < -0.39 is 5.95 Å². The van der Waals surface area contributed by atoms with Gasteiger partial charge in [0.1, 0.15) is 6.33 Å². The molecule has 3 heterocycles. The van der Waals surface area contributed by atoms with Crippen LogP contribution < -0.4 is 10.1 Å². The lowest BCUT2D eigenvalue weighted by Crippen LogP contribution is -2.18. The van der Waals surface area contributed by atoms with E-state index >= 15 is 0 Å². The van der Waals surface area contributed by atoms with Crippen LogP contribution in [0.2, 0.25) is 0 Å². The second-order valence-corrected chi connectivity index (χ2v) is 6.68. The lowest BCUT2D eigenvalue weighted by Gasteiger charge is -2.11. The number of nitrogens with one attached hydrogen (secondary N) is 1. The highest BCUT2D eigenvalue weighted by Gasteiger charge is 2.17. The van der Waals surface area contributed by atoms with Crippen LogP contribution in [0.4, 0.5) is 9.52 Å². The van der Waals surface area contributed by atoms with Gasteiger partial charge >= 0.3 is 0 Å². The molecule has 2 aromatic heterocycles. The molecular formula is C16H22FN5O2S. The second kappa shape index (κ2) is 9.38. The molecule has 0 saturated carbocycles. The molecule has 0 unspecified atom stereocenters. The van der Waals surface area contributed by atoms with Gasteiger partial charge in [-0.3, -0.25) is 9.69 Å². The quantitative estimate of drug-likeness (QED) is 0.895. The van der Waals surface area contributed by atoms with E-state index in [0.29, 0.717) is 22.4 Å². The summed E-state index contributed by atoms with van der Waals surface area (Å²) in [7, 11) is 1.59. The van der Waals surface area contributed by atoms with Crippen molar-refractivity contribution >= 4 is 22.4 Å². The molecule has 9 heteroatoms. The zero-order chi connectivity index (χ0) is 18.2. The third-order valence-corrected chi connectivity index (χ3v) is 4.42. The van der Waals surface area contributed by atoms with Crippen LogP contribution in [-0.4, -0.2) is 46.0 Å². The van der Waals surface area contributed by atoms with Crippen molar-refractivity contribution in [3.63, 3.8) is 0 Å². The van der Waals surface area contributed by atoms with E-state index in [4.69, 9.17) is 4.74 Å². The van der Waals surface area contributed by atoms with E-state index in [9.17, 15) is 9.18 Å². The first-order valence-corrected chi connectivity index (χ1v) is 8.77. The molecule has 136 valence electrons. The average molecular weight is 367 g/mol. The Hall–Kier alpha value is -2.13. The third-order valence-electron chi connectivity index (χ3n) is 3.49. The smallest absolute Gasteiger partial charge is 0.230 e. The summed E-state index contributed by atoms with van der Waals surface area (Å²) in [5, 5.41) is 2.85. The summed E-state index contributed by atoms with van der Waals surface area (Å²) in [6.45, 7) is 5.92. The molecule has 0 radical (unpaired) electrons. The predicted octanol–water partition coefficient (Wildman–Crippen LogP) is 2.63. The molecule has 1 fully saturated rings. The number of carbonyl (C=O) groups excluding carboxylic acids is 1. The summed E-state index contributed by atoms with van der Waals surface area (Å²) < 4.78 is 18.3. The van der Waals surface area contributed by atoms with E-state index in [1.165, 1.54) is 37.4 Å². The van der Waals surface area contributed by atoms with Gasteiger partial charge in [-0.05, 0) is 32.9 Å². The molecule has 1 saturated heterocycles. The Morgan fingerprint density at radius 3 is 2.68 bits per heavy atom. The molecule has 0 atom stereocenters. The fraction of sp³-hybridized carbons (Fsp3) is 0.500. The van der Waals surface area contributed by atoms with Crippen LogP contribution in [0.3, 0.4) is 0 Å². The number of halogens is 1. The molecule has 2 aromatic rings. The Bertz CT molecular complexity index is 704. The molecular weight excluding hydrogens is 345 g/mol. The van der Waals surface area contributed by atoms with Crippen molar-refractivity contribution in [1.29, 1.82) is 0 Å². The fourth-order valence-electron chi connectivity index (χ4n) is 2.32. The third kappa shape index (κ3) is 6.35. The van der Waals surface area contributed by atoms with Gasteiger partial charge in [-0.15, -0.1) is 0 Å². The number of carbonyl (C=O) groups is 1. The minimum Gasteiger partial charge on any atom is -0.481 e. The van der Waals surface area contributed by atoms with Gasteiger partial charge < -0.3 is 10.1 Å². The molecule has 1 amide bonds. The van der Waals surface area contributed by atoms with Gasteiger partial charge in [-0.25, -0.2) is 9.97 Å². The maximum Gasteiger partial charge on any atom is 0.230 e. The van der Waals surface area contributed by atoms with E-state index in [2.05, 4.69) is 25.2 Å². The number of nitrogens with zero attached hydrogens (tertiary/aromatic N) is 4. The van der Waals surface area contributed by atoms with Crippen LogP contribution in [0.15, 0.2) is 12.4 Å². The Kier molecular flexibility index (Phi) is 7.20. The van der Waals surface area contributed by atoms with Crippen molar-refractivity contribution in [2.24, 2.45) is 0 Å². The van der Waals surface area contributed by atoms with E-state index in [1.54, 1.807) is 13.2 Å². The number of aromatic nitrogens is 3. The van der Waals surface area contributed by atoms with Crippen molar-refractivity contribution < 1.29 is 13.9 Å². The highest BCUT2D eigenvalue weighted by atomic mass is 32.1. The number of anilines is 1. The topological polar surface area (TPSA) is 80.2 Å². The lowest BCUT2D eigenvalue weighted by atomic mass is 10.4. The average Bonchev–Trinajstić information content (AvgIpc) is 3.18. The molecule has 0 aromatic carbocycles. The molecule has 1 N–H and O–H groups in total. The number of ether oxygens (including phenoxy) is 1. The molecule has 3 rings (SSSR count). The first-order chi connectivity index (χ1) is 12.0. The number of hydrogen-bond donors (Lipinski definition) is 1. The number of rotatable bonds is 4. The van der Waals surface area contributed by atoms with Gasteiger partial charge in [-0.2, -0.15) is 9.37 Å². The van der Waals surface area contributed by atoms with Gasteiger partial charge in [0.15, 0.2) is 5.13 Å². The van der Waals surface area contributed by atoms with Crippen molar-refractivity contribution in [3.8, 4) is 5.88 Å². The SMILES string of the molecule is CC(=O)Nc1nc(F)c(CN2CCCC2)s1.COc1cc(C)ncn1. The van der Waals surface area contributed by atoms with Gasteiger partial charge in [0, 0.05) is 25.2 Å². The van der Waals surface area contributed by atoms with Crippen molar-refractivity contribution in [2.45, 2.75) is 33.2 Å². The Labute approximate surface area is 150 Å². The lowest BCUT2D eigenvalue weighted by molar-refractivity contribution is -0.114. The summed E-state index contributed by atoms with van der Waals surface area (Å²) in [6.07, 6.45) is 3.84. The van der Waals surface area contributed by atoms with Crippen LogP contribution >= 0.6 is 11.3 Å².